The van der Waals surface area contributed by atoms with Gasteiger partial charge in [-0.15, -0.1) is 0 Å². The van der Waals surface area contributed by atoms with Crippen molar-refractivity contribution in [3.05, 3.63) is 50.6 Å². The number of ether oxygens (including phenoxy) is 1. The van der Waals surface area contributed by atoms with Crippen molar-refractivity contribution in [2.75, 3.05) is 5.73 Å². The standard InChI is InChI=1S/C12H7ClF2INO/c13-7-3-6(1-2-8(7)14)18-12-4-9(15)10(16)5-11(12)17/h1-5H,17H2. The molecule has 6 heteroatoms. The minimum Gasteiger partial charge on any atom is -0.455 e. The number of anilines is 1. The van der Waals surface area contributed by atoms with E-state index in [1.165, 1.54) is 24.3 Å². The van der Waals surface area contributed by atoms with Gasteiger partial charge in [0.25, 0.3) is 0 Å². The Hall–Kier alpha value is -1.08. The summed E-state index contributed by atoms with van der Waals surface area (Å²) in [6.45, 7) is 0. The fourth-order valence-corrected chi connectivity index (χ4v) is 1.96. The van der Waals surface area contributed by atoms with Crippen LogP contribution in [0.25, 0.3) is 0 Å². The Morgan fingerprint density at radius 2 is 1.83 bits per heavy atom. The number of benzene rings is 2. The van der Waals surface area contributed by atoms with Crippen LogP contribution in [0.5, 0.6) is 11.5 Å². The van der Waals surface area contributed by atoms with E-state index in [0.717, 1.165) is 6.07 Å². The number of hydrogen-bond acceptors (Lipinski definition) is 2. The first-order valence-electron chi connectivity index (χ1n) is 4.85. The summed E-state index contributed by atoms with van der Waals surface area (Å²) in [7, 11) is 0. The van der Waals surface area contributed by atoms with E-state index in [2.05, 4.69) is 0 Å². The number of nitrogens with two attached hydrogens (primary N) is 1. The Morgan fingerprint density at radius 3 is 2.50 bits per heavy atom. The number of rotatable bonds is 2. The zero-order valence-electron chi connectivity index (χ0n) is 8.88. The highest BCUT2D eigenvalue weighted by molar-refractivity contribution is 14.1. The van der Waals surface area contributed by atoms with Gasteiger partial charge < -0.3 is 10.5 Å². The van der Waals surface area contributed by atoms with Crippen LogP contribution in [0.1, 0.15) is 0 Å². The van der Waals surface area contributed by atoms with Crippen LogP contribution in [0.3, 0.4) is 0 Å². The van der Waals surface area contributed by atoms with Crippen LogP contribution in [-0.2, 0) is 0 Å². The minimum atomic E-state index is -0.550. The lowest BCUT2D eigenvalue weighted by Crippen LogP contribution is -1.95. The van der Waals surface area contributed by atoms with Crippen molar-refractivity contribution >= 4 is 39.9 Å². The van der Waals surface area contributed by atoms with Crippen LogP contribution in [-0.4, -0.2) is 0 Å². The molecule has 0 spiro atoms. The van der Waals surface area contributed by atoms with Crippen LogP contribution in [0.15, 0.2) is 30.3 Å². The SMILES string of the molecule is Nc1cc(I)c(F)cc1Oc1ccc(F)c(Cl)c1. The van der Waals surface area contributed by atoms with E-state index in [9.17, 15) is 8.78 Å². The van der Waals surface area contributed by atoms with Gasteiger partial charge in [-0.25, -0.2) is 8.78 Å². The van der Waals surface area contributed by atoms with Crippen molar-refractivity contribution in [1.29, 1.82) is 0 Å². The van der Waals surface area contributed by atoms with Crippen LogP contribution >= 0.6 is 34.2 Å². The molecule has 2 aromatic rings. The average molecular weight is 382 g/mol. The first kappa shape index (κ1) is 13.4. The fourth-order valence-electron chi connectivity index (χ4n) is 1.30. The quantitative estimate of drug-likeness (QED) is 0.610. The fraction of sp³-hybridized carbons (Fsp3) is 0. The smallest absolute Gasteiger partial charge is 0.153 e. The molecule has 0 heterocycles. The third-order valence-electron chi connectivity index (χ3n) is 2.17. The monoisotopic (exact) mass is 381 g/mol. The van der Waals surface area contributed by atoms with E-state index in [-0.39, 0.29) is 16.5 Å². The Labute approximate surface area is 121 Å². The molecule has 0 aliphatic heterocycles. The lowest BCUT2D eigenvalue weighted by Gasteiger charge is -2.09. The summed E-state index contributed by atoms with van der Waals surface area (Å²) in [5.74, 6) is -0.539. The summed E-state index contributed by atoms with van der Waals surface area (Å²) in [6.07, 6.45) is 0. The van der Waals surface area contributed by atoms with Gasteiger partial charge in [0, 0.05) is 12.1 Å². The van der Waals surface area contributed by atoms with Crippen LogP contribution in [0, 0.1) is 15.2 Å². The second kappa shape index (κ2) is 5.27. The van der Waals surface area contributed by atoms with Crippen molar-refractivity contribution in [3.8, 4) is 11.5 Å². The van der Waals surface area contributed by atoms with E-state index in [0.29, 0.717) is 9.26 Å². The summed E-state index contributed by atoms with van der Waals surface area (Å²) in [6, 6.07) is 6.48. The van der Waals surface area contributed by atoms with Crippen LogP contribution < -0.4 is 10.5 Å². The summed E-state index contributed by atoms with van der Waals surface area (Å²) >= 11 is 7.44. The minimum absolute atomic E-state index is 0.0722. The molecule has 0 atom stereocenters. The number of halogens is 4. The van der Waals surface area contributed by atoms with Gasteiger partial charge in [-0.1, -0.05) is 11.6 Å². The highest BCUT2D eigenvalue weighted by Gasteiger charge is 2.09. The molecular formula is C12H7ClF2INO. The maximum atomic E-state index is 13.4. The molecule has 2 aromatic carbocycles. The van der Waals surface area contributed by atoms with Crippen molar-refractivity contribution < 1.29 is 13.5 Å². The van der Waals surface area contributed by atoms with Gasteiger partial charge >= 0.3 is 0 Å². The largest absolute Gasteiger partial charge is 0.455 e. The first-order valence-corrected chi connectivity index (χ1v) is 6.30. The predicted octanol–water partition coefficient (Wildman–Crippen LogP) is 4.60. The number of hydrogen-bond donors (Lipinski definition) is 1. The zero-order valence-corrected chi connectivity index (χ0v) is 11.8. The molecule has 0 saturated carbocycles. The van der Waals surface area contributed by atoms with E-state index in [1.54, 1.807) is 0 Å². The Balaban J connectivity index is 2.34. The molecule has 0 saturated heterocycles. The van der Waals surface area contributed by atoms with Gasteiger partial charge in [0.1, 0.15) is 17.4 Å². The third kappa shape index (κ3) is 2.84. The molecule has 0 unspecified atom stereocenters. The molecular weight excluding hydrogens is 374 g/mol. The maximum Gasteiger partial charge on any atom is 0.153 e. The van der Waals surface area contributed by atoms with E-state index >= 15 is 0 Å². The van der Waals surface area contributed by atoms with Crippen molar-refractivity contribution in [2.45, 2.75) is 0 Å². The van der Waals surface area contributed by atoms with E-state index in [4.69, 9.17) is 22.1 Å². The topological polar surface area (TPSA) is 35.2 Å². The van der Waals surface area contributed by atoms with Gasteiger partial charge in [-0.2, -0.15) is 0 Å². The molecule has 0 aliphatic carbocycles. The third-order valence-corrected chi connectivity index (χ3v) is 3.29. The Kier molecular flexibility index (Phi) is 3.91. The van der Waals surface area contributed by atoms with E-state index < -0.39 is 11.6 Å². The van der Waals surface area contributed by atoms with Gasteiger partial charge in [0.05, 0.1) is 14.3 Å². The summed E-state index contributed by atoms with van der Waals surface area (Å²) in [5, 5.41) is -0.0722. The molecule has 2 N–H and O–H groups in total. The van der Waals surface area contributed by atoms with Crippen molar-refractivity contribution in [3.63, 3.8) is 0 Å². The Bertz CT molecular complexity index is 607. The second-order valence-corrected chi connectivity index (χ2v) is 5.05. The van der Waals surface area contributed by atoms with Gasteiger partial charge in [0.15, 0.2) is 5.75 Å². The molecule has 94 valence electrons. The molecule has 0 radical (unpaired) electrons. The van der Waals surface area contributed by atoms with Crippen molar-refractivity contribution in [1.82, 2.24) is 0 Å². The molecule has 18 heavy (non-hydrogen) atoms. The molecule has 0 amide bonds. The lowest BCUT2D eigenvalue weighted by molar-refractivity contribution is 0.476. The molecule has 0 fully saturated rings. The van der Waals surface area contributed by atoms with Gasteiger partial charge in [-0.3, -0.25) is 0 Å². The Morgan fingerprint density at radius 1 is 1.11 bits per heavy atom. The average Bonchev–Trinajstić information content (AvgIpc) is 2.31. The molecule has 0 bridgehead atoms. The normalized spacial score (nSPS) is 10.4. The summed E-state index contributed by atoms with van der Waals surface area (Å²) < 4.78 is 32.1. The first-order chi connectivity index (χ1) is 8.47. The van der Waals surface area contributed by atoms with Crippen LogP contribution in [0.4, 0.5) is 14.5 Å². The number of nitrogen functional groups attached to an aromatic ring is 1. The zero-order chi connectivity index (χ0) is 13.3. The van der Waals surface area contributed by atoms with E-state index in [1.807, 2.05) is 22.6 Å². The summed E-state index contributed by atoms with van der Waals surface area (Å²) in [4.78, 5) is 0. The van der Waals surface area contributed by atoms with Crippen LogP contribution in [0.2, 0.25) is 5.02 Å². The van der Waals surface area contributed by atoms with Crippen molar-refractivity contribution in [2.24, 2.45) is 0 Å². The predicted molar refractivity (Wildman–Crippen MR) is 75.0 cm³/mol. The highest BCUT2D eigenvalue weighted by Crippen LogP contribution is 2.32. The highest BCUT2D eigenvalue weighted by atomic mass is 127. The maximum absolute atomic E-state index is 13.4. The molecule has 2 nitrogen and oxygen atoms in total. The second-order valence-electron chi connectivity index (χ2n) is 3.48. The van der Waals surface area contributed by atoms with Gasteiger partial charge in [0.2, 0.25) is 0 Å². The van der Waals surface area contributed by atoms with Gasteiger partial charge in [-0.05, 0) is 40.8 Å². The molecule has 2 rings (SSSR count). The summed E-state index contributed by atoms with van der Waals surface area (Å²) in [5.41, 5.74) is 6.00. The molecule has 0 aromatic heterocycles. The molecule has 0 aliphatic rings. The lowest BCUT2D eigenvalue weighted by atomic mass is 10.3.